The first kappa shape index (κ1) is 16.4. The van der Waals surface area contributed by atoms with Crippen LogP contribution < -0.4 is 21.0 Å². The standard InChI is InChI=1S/C16H16N4O2S2/c1-3-12-8-13-14(24-12)17-9-20(15(13)21)19-16(23)18-10-4-6-11(22-2)7-5-10/h4-9H,3H2,1-2H3,(H2,18,19,23). The van der Waals surface area contributed by atoms with Gasteiger partial charge in [-0.15, -0.1) is 11.3 Å². The number of ether oxygens (including phenoxy) is 1. The van der Waals surface area contributed by atoms with Crippen molar-refractivity contribution >= 4 is 44.6 Å². The summed E-state index contributed by atoms with van der Waals surface area (Å²) in [5.41, 5.74) is 3.46. The first-order chi connectivity index (χ1) is 11.6. The number of hydrogen-bond donors (Lipinski definition) is 2. The predicted molar refractivity (Wildman–Crippen MR) is 102 cm³/mol. The van der Waals surface area contributed by atoms with E-state index < -0.39 is 0 Å². The first-order valence-electron chi connectivity index (χ1n) is 7.33. The fourth-order valence-corrected chi connectivity index (χ4v) is 3.31. The van der Waals surface area contributed by atoms with Gasteiger partial charge in [-0.1, -0.05) is 6.92 Å². The van der Waals surface area contributed by atoms with Crippen molar-refractivity contribution in [3.05, 3.63) is 51.9 Å². The number of aromatic nitrogens is 2. The van der Waals surface area contributed by atoms with Crippen LogP contribution in [0.5, 0.6) is 5.75 Å². The summed E-state index contributed by atoms with van der Waals surface area (Å²) in [5.74, 6) is 0.759. The first-order valence-corrected chi connectivity index (χ1v) is 8.55. The van der Waals surface area contributed by atoms with Crippen LogP contribution in [0.4, 0.5) is 5.69 Å². The summed E-state index contributed by atoms with van der Waals surface area (Å²) < 4.78 is 6.39. The van der Waals surface area contributed by atoms with E-state index in [1.54, 1.807) is 7.11 Å². The number of thiophene rings is 1. The number of thiocarbonyl (C=S) groups is 1. The van der Waals surface area contributed by atoms with E-state index in [0.29, 0.717) is 10.5 Å². The van der Waals surface area contributed by atoms with Gasteiger partial charge in [0.15, 0.2) is 5.11 Å². The highest BCUT2D eigenvalue weighted by atomic mass is 32.1. The number of benzene rings is 1. The highest BCUT2D eigenvalue weighted by Crippen LogP contribution is 2.20. The van der Waals surface area contributed by atoms with Gasteiger partial charge < -0.3 is 10.1 Å². The minimum atomic E-state index is -0.171. The van der Waals surface area contributed by atoms with Crippen molar-refractivity contribution in [2.45, 2.75) is 13.3 Å². The van der Waals surface area contributed by atoms with Gasteiger partial charge in [0, 0.05) is 10.6 Å². The molecule has 0 bridgehead atoms. The molecule has 2 heterocycles. The largest absolute Gasteiger partial charge is 0.497 e. The van der Waals surface area contributed by atoms with E-state index in [2.05, 4.69) is 22.7 Å². The number of hydrogen-bond acceptors (Lipinski definition) is 5. The molecule has 6 nitrogen and oxygen atoms in total. The van der Waals surface area contributed by atoms with Gasteiger partial charge in [0.2, 0.25) is 0 Å². The van der Waals surface area contributed by atoms with E-state index in [1.165, 1.54) is 22.3 Å². The van der Waals surface area contributed by atoms with Crippen molar-refractivity contribution in [1.29, 1.82) is 0 Å². The normalized spacial score (nSPS) is 10.6. The molecule has 124 valence electrons. The molecule has 0 spiro atoms. The molecule has 3 rings (SSSR count). The quantitative estimate of drug-likeness (QED) is 0.697. The molecule has 0 aliphatic heterocycles. The van der Waals surface area contributed by atoms with E-state index in [1.807, 2.05) is 30.3 Å². The maximum atomic E-state index is 12.5. The molecule has 0 saturated heterocycles. The van der Waals surface area contributed by atoms with E-state index >= 15 is 0 Å². The Morgan fingerprint density at radius 1 is 1.38 bits per heavy atom. The SMILES string of the molecule is CCc1cc2c(=O)n(NC(=S)Nc3ccc(OC)cc3)cnc2s1. The number of rotatable bonds is 4. The molecule has 0 fully saturated rings. The molecule has 0 radical (unpaired) electrons. The molecule has 24 heavy (non-hydrogen) atoms. The van der Waals surface area contributed by atoms with Gasteiger partial charge in [0.1, 0.15) is 16.9 Å². The van der Waals surface area contributed by atoms with Gasteiger partial charge in [0.25, 0.3) is 5.56 Å². The summed E-state index contributed by atoms with van der Waals surface area (Å²) in [5, 5.41) is 3.91. The number of nitrogens with zero attached hydrogens (tertiary/aromatic N) is 2. The molecular formula is C16H16N4O2S2. The Morgan fingerprint density at radius 2 is 2.12 bits per heavy atom. The molecule has 1 aromatic carbocycles. The molecule has 8 heteroatoms. The number of fused-ring (bicyclic) bond motifs is 1. The minimum Gasteiger partial charge on any atom is -0.497 e. The number of methoxy groups -OCH3 is 1. The molecular weight excluding hydrogens is 344 g/mol. The lowest BCUT2D eigenvalue weighted by Crippen LogP contribution is -2.35. The molecule has 0 aliphatic carbocycles. The van der Waals surface area contributed by atoms with Crippen LogP contribution in [0.2, 0.25) is 0 Å². The van der Waals surface area contributed by atoms with Crippen molar-refractivity contribution in [3.63, 3.8) is 0 Å². The average molecular weight is 360 g/mol. The monoisotopic (exact) mass is 360 g/mol. The van der Waals surface area contributed by atoms with E-state index in [-0.39, 0.29) is 5.56 Å². The second kappa shape index (κ2) is 6.98. The predicted octanol–water partition coefficient (Wildman–Crippen LogP) is 2.97. The maximum absolute atomic E-state index is 12.5. The Kier molecular flexibility index (Phi) is 4.77. The van der Waals surface area contributed by atoms with Gasteiger partial charge in [-0.25, -0.2) is 9.66 Å². The molecule has 2 aromatic heterocycles. The maximum Gasteiger partial charge on any atom is 0.280 e. The molecule has 0 unspecified atom stereocenters. The van der Waals surface area contributed by atoms with Gasteiger partial charge in [-0.3, -0.25) is 10.2 Å². The molecule has 2 N–H and O–H groups in total. The number of aryl methyl sites for hydroxylation is 1. The summed E-state index contributed by atoms with van der Waals surface area (Å²) in [6.45, 7) is 2.05. The lowest BCUT2D eigenvalue weighted by atomic mass is 10.3. The lowest BCUT2D eigenvalue weighted by Gasteiger charge is -2.12. The Bertz CT molecular complexity index is 931. The van der Waals surface area contributed by atoms with E-state index in [0.717, 1.165) is 27.6 Å². The minimum absolute atomic E-state index is 0.171. The second-order valence-electron chi connectivity index (χ2n) is 5.00. The summed E-state index contributed by atoms with van der Waals surface area (Å²) in [6, 6.07) is 9.20. The summed E-state index contributed by atoms with van der Waals surface area (Å²) in [4.78, 5) is 18.7. The third kappa shape index (κ3) is 3.39. The van der Waals surface area contributed by atoms with E-state index in [4.69, 9.17) is 17.0 Å². The third-order valence-corrected chi connectivity index (χ3v) is 4.80. The Hall–Kier alpha value is -2.45. The highest BCUT2D eigenvalue weighted by Gasteiger charge is 2.09. The van der Waals surface area contributed by atoms with Crippen LogP contribution in [0, 0.1) is 0 Å². The van der Waals surface area contributed by atoms with Crippen molar-refractivity contribution < 1.29 is 4.74 Å². The molecule has 0 atom stereocenters. The zero-order valence-electron chi connectivity index (χ0n) is 13.2. The van der Waals surface area contributed by atoms with Crippen LogP contribution in [0.25, 0.3) is 10.2 Å². The van der Waals surface area contributed by atoms with Gasteiger partial charge in [-0.2, -0.15) is 0 Å². The lowest BCUT2D eigenvalue weighted by molar-refractivity contribution is 0.415. The van der Waals surface area contributed by atoms with Crippen molar-refractivity contribution in [1.82, 2.24) is 9.66 Å². The average Bonchev–Trinajstić information content (AvgIpc) is 3.02. The van der Waals surface area contributed by atoms with Crippen LogP contribution in [0.15, 0.2) is 41.5 Å². The Morgan fingerprint density at radius 3 is 2.79 bits per heavy atom. The molecule has 0 aliphatic rings. The fraction of sp³-hybridized carbons (Fsp3) is 0.188. The van der Waals surface area contributed by atoms with Crippen molar-refractivity contribution in [2.24, 2.45) is 0 Å². The topological polar surface area (TPSA) is 68.2 Å². The van der Waals surface area contributed by atoms with Gasteiger partial charge in [0.05, 0.1) is 12.5 Å². The number of anilines is 1. The smallest absolute Gasteiger partial charge is 0.280 e. The second-order valence-corrected chi connectivity index (χ2v) is 6.52. The van der Waals surface area contributed by atoms with Gasteiger partial charge in [-0.05, 0) is 49.0 Å². The number of nitrogens with one attached hydrogen (secondary N) is 2. The summed E-state index contributed by atoms with van der Waals surface area (Å²) in [6.07, 6.45) is 2.33. The highest BCUT2D eigenvalue weighted by molar-refractivity contribution is 7.80. The molecule has 3 aromatic rings. The third-order valence-electron chi connectivity index (χ3n) is 3.42. The zero-order valence-corrected chi connectivity index (χ0v) is 14.8. The van der Waals surface area contributed by atoms with Crippen LogP contribution >= 0.6 is 23.6 Å². The van der Waals surface area contributed by atoms with Crippen LogP contribution in [-0.2, 0) is 6.42 Å². The molecule has 0 saturated carbocycles. The summed E-state index contributed by atoms with van der Waals surface area (Å²) in [7, 11) is 1.61. The zero-order chi connectivity index (χ0) is 17.1. The van der Waals surface area contributed by atoms with E-state index in [9.17, 15) is 4.79 Å². The Balaban J connectivity index is 1.77. The van der Waals surface area contributed by atoms with Crippen molar-refractivity contribution in [3.8, 4) is 5.75 Å². The van der Waals surface area contributed by atoms with Crippen molar-refractivity contribution in [2.75, 3.05) is 17.9 Å². The molecule has 0 amide bonds. The fourth-order valence-electron chi connectivity index (χ4n) is 2.17. The van der Waals surface area contributed by atoms with Crippen LogP contribution in [0.3, 0.4) is 0 Å². The summed E-state index contributed by atoms with van der Waals surface area (Å²) >= 11 is 6.78. The van der Waals surface area contributed by atoms with Crippen LogP contribution in [0.1, 0.15) is 11.8 Å². The Labute approximate surface area is 148 Å². The van der Waals surface area contributed by atoms with Crippen LogP contribution in [-0.4, -0.2) is 21.9 Å². The van der Waals surface area contributed by atoms with Gasteiger partial charge >= 0.3 is 0 Å².